The molecule has 0 fully saturated rings. The highest BCUT2D eigenvalue weighted by Gasteiger charge is 2.19. The van der Waals surface area contributed by atoms with E-state index in [0.717, 1.165) is 24.0 Å². The molecule has 0 heterocycles. The number of nitrogens with zero attached hydrogens (tertiary/aromatic N) is 1. The van der Waals surface area contributed by atoms with Crippen molar-refractivity contribution in [1.82, 2.24) is 10.2 Å². The van der Waals surface area contributed by atoms with E-state index in [4.69, 9.17) is 0 Å². The predicted molar refractivity (Wildman–Crippen MR) is 87.8 cm³/mol. The third-order valence-electron chi connectivity index (χ3n) is 3.44. The maximum atomic E-state index is 12.2. The van der Waals surface area contributed by atoms with Gasteiger partial charge >= 0.3 is 0 Å². The van der Waals surface area contributed by atoms with Gasteiger partial charge in [-0.3, -0.25) is 4.79 Å². The van der Waals surface area contributed by atoms with Gasteiger partial charge in [-0.05, 0) is 51.8 Å². The number of nitrogens with one attached hydrogen (secondary N) is 1. The Morgan fingerprint density at radius 2 is 1.75 bits per heavy atom. The lowest BCUT2D eigenvalue weighted by Crippen LogP contribution is -2.48. The molecule has 0 spiro atoms. The minimum Gasteiger partial charge on any atom is -0.342 e. The molecule has 20 heavy (non-hydrogen) atoms. The van der Waals surface area contributed by atoms with Crippen LogP contribution in [0, 0.1) is 0 Å². The molecule has 112 valence electrons. The molecular formula is C16H25BrN2O. The molecule has 3 nitrogen and oxygen atoms in total. The monoisotopic (exact) mass is 340 g/mol. The summed E-state index contributed by atoms with van der Waals surface area (Å²) >= 11 is 3.44. The Labute approximate surface area is 130 Å². The van der Waals surface area contributed by atoms with Crippen LogP contribution in [0.15, 0.2) is 28.7 Å². The van der Waals surface area contributed by atoms with Gasteiger partial charge in [0.15, 0.2) is 0 Å². The number of amides is 1. The van der Waals surface area contributed by atoms with Crippen molar-refractivity contribution >= 4 is 21.8 Å². The fraction of sp³-hybridized carbons (Fsp3) is 0.562. The Balaban J connectivity index is 2.50. The Bertz CT molecular complexity index is 415. The van der Waals surface area contributed by atoms with Crippen molar-refractivity contribution < 1.29 is 4.79 Å². The van der Waals surface area contributed by atoms with E-state index in [-0.39, 0.29) is 18.0 Å². The van der Waals surface area contributed by atoms with Crippen LogP contribution in [0.1, 0.15) is 33.3 Å². The summed E-state index contributed by atoms with van der Waals surface area (Å²) in [5.74, 6) is 0.178. The quantitative estimate of drug-likeness (QED) is 0.826. The van der Waals surface area contributed by atoms with Crippen LogP contribution in [-0.4, -0.2) is 36.0 Å². The van der Waals surface area contributed by atoms with Gasteiger partial charge in [-0.15, -0.1) is 0 Å². The number of carbonyl (C=O) groups excluding carboxylic acids is 1. The van der Waals surface area contributed by atoms with Gasteiger partial charge < -0.3 is 10.2 Å². The van der Waals surface area contributed by atoms with E-state index >= 15 is 0 Å². The van der Waals surface area contributed by atoms with E-state index in [9.17, 15) is 4.79 Å². The number of rotatable bonds is 7. The Morgan fingerprint density at radius 1 is 1.20 bits per heavy atom. The number of hydrogen-bond acceptors (Lipinski definition) is 2. The van der Waals surface area contributed by atoms with Crippen LogP contribution in [0.4, 0.5) is 0 Å². The zero-order valence-electron chi connectivity index (χ0n) is 12.8. The summed E-state index contributed by atoms with van der Waals surface area (Å²) in [4.78, 5) is 14.1. The molecule has 0 aliphatic heterocycles. The van der Waals surface area contributed by atoms with Gasteiger partial charge in [0.05, 0.1) is 6.04 Å². The molecule has 0 saturated carbocycles. The lowest BCUT2D eigenvalue weighted by Gasteiger charge is -2.26. The number of hydrogen-bond donors (Lipinski definition) is 1. The second-order valence-corrected chi connectivity index (χ2v) is 6.05. The second kappa shape index (κ2) is 8.42. The van der Waals surface area contributed by atoms with Crippen molar-refractivity contribution in [2.75, 3.05) is 13.1 Å². The predicted octanol–water partition coefficient (Wildman–Crippen LogP) is 3.23. The van der Waals surface area contributed by atoms with Crippen molar-refractivity contribution in [3.63, 3.8) is 0 Å². The first-order chi connectivity index (χ1) is 9.47. The van der Waals surface area contributed by atoms with Gasteiger partial charge in [0.1, 0.15) is 0 Å². The summed E-state index contributed by atoms with van der Waals surface area (Å²) in [5.41, 5.74) is 1.27. The van der Waals surface area contributed by atoms with E-state index in [1.165, 1.54) is 5.56 Å². The van der Waals surface area contributed by atoms with Gasteiger partial charge in [-0.2, -0.15) is 0 Å². The summed E-state index contributed by atoms with van der Waals surface area (Å²) < 4.78 is 1.09. The van der Waals surface area contributed by atoms with Crippen LogP contribution < -0.4 is 5.32 Å². The first-order valence-electron chi connectivity index (χ1n) is 7.27. The third-order valence-corrected chi connectivity index (χ3v) is 3.96. The molecule has 0 saturated heterocycles. The van der Waals surface area contributed by atoms with Crippen molar-refractivity contribution in [2.24, 2.45) is 0 Å². The average molecular weight is 341 g/mol. The van der Waals surface area contributed by atoms with Gasteiger partial charge in [-0.1, -0.05) is 28.1 Å². The summed E-state index contributed by atoms with van der Waals surface area (Å²) in [7, 11) is 0. The molecule has 0 aliphatic rings. The summed E-state index contributed by atoms with van der Waals surface area (Å²) in [6.07, 6.45) is 0.920. The van der Waals surface area contributed by atoms with Gasteiger partial charge in [0.2, 0.25) is 5.91 Å². The van der Waals surface area contributed by atoms with Gasteiger partial charge in [0, 0.05) is 23.6 Å². The van der Waals surface area contributed by atoms with Crippen molar-refractivity contribution in [1.29, 1.82) is 0 Å². The molecule has 2 atom stereocenters. The fourth-order valence-corrected chi connectivity index (χ4v) is 2.60. The summed E-state index contributed by atoms with van der Waals surface area (Å²) in [5, 5.41) is 3.39. The minimum atomic E-state index is -0.139. The number of benzene rings is 1. The summed E-state index contributed by atoms with van der Waals surface area (Å²) in [6, 6.07) is 8.45. The van der Waals surface area contributed by atoms with E-state index in [1.54, 1.807) is 0 Å². The smallest absolute Gasteiger partial charge is 0.239 e. The van der Waals surface area contributed by atoms with Crippen LogP contribution in [0.5, 0.6) is 0 Å². The molecule has 1 rings (SSSR count). The molecule has 2 unspecified atom stereocenters. The molecule has 1 aromatic carbocycles. The van der Waals surface area contributed by atoms with E-state index < -0.39 is 0 Å². The van der Waals surface area contributed by atoms with Gasteiger partial charge in [0.25, 0.3) is 0 Å². The summed E-state index contributed by atoms with van der Waals surface area (Å²) in [6.45, 7) is 9.62. The topological polar surface area (TPSA) is 32.3 Å². The molecule has 1 N–H and O–H groups in total. The molecular weight excluding hydrogens is 316 g/mol. The van der Waals surface area contributed by atoms with E-state index in [1.807, 2.05) is 37.8 Å². The van der Waals surface area contributed by atoms with E-state index in [2.05, 4.69) is 40.3 Å². The van der Waals surface area contributed by atoms with Crippen molar-refractivity contribution in [2.45, 2.75) is 46.2 Å². The zero-order chi connectivity index (χ0) is 15.1. The number of likely N-dealkylation sites (N-methyl/N-ethyl adjacent to an activating group) is 1. The number of carbonyl (C=O) groups is 1. The van der Waals surface area contributed by atoms with E-state index in [0.29, 0.717) is 0 Å². The SMILES string of the molecule is CCN(CC)C(=O)C(C)NC(C)Cc1ccc(Br)cc1. The second-order valence-electron chi connectivity index (χ2n) is 5.13. The van der Waals surface area contributed by atoms with Crippen LogP contribution >= 0.6 is 15.9 Å². The molecule has 0 bridgehead atoms. The highest BCUT2D eigenvalue weighted by atomic mass is 79.9. The lowest BCUT2D eigenvalue weighted by atomic mass is 10.1. The minimum absolute atomic E-state index is 0.139. The first-order valence-corrected chi connectivity index (χ1v) is 8.06. The molecule has 0 radical (unpaired) electrons. The Morgan fingerprint density at radius 3 is 2.25 bits per heavy atom. The van der Waals surface area contributed by atoms with Crippen molar-refractivity contribution in [3.05, 3.63) is 34.3 Å². The maximum Gasteiger partial charge on any atom is 0.239 e. The number of halogens is 1. The Kier molecular flexibility index (Phi) is 7.24. The molecule has 1 aromatic rings. The van der Waals surface area contributed by atoms with Crippen molar-refractivity contribution in [3.8, 4) is 0 Å². The zero-order valence-corrected chi connectivity index (χ0v) is 14.4. The van der Waals surface area contributed by atoms with Crippen LogP contribution in [0.25, 0.3) is 0 Å². The molecule has 0 aromatic heterocycles. The normalized spacial score (nSPS) is 13.8. The fourth-order valence-electron chi connectivity index (χ4n) is 2.34. The van der Waals surface area contributed by atoms with Crippen LogP contribution in [0.3, 0.4) is 0 Å². The highest BCUT2D eigenvalue weighted by Crippen LogP contribution is 2.12. The first kappa shape index (κ1) is 17.2. The lowest BCUT2D eigenvalue weighted by molar-refractivity contribution is -0.132. The third kappa shape index (κ3) is 5.25. The highest BCUT2D eigenvalue weighted by molar-refractivity contribution is 9.10. The standard InChI is InChI=1S/C16H25BrN2O/c1-5-19(6-2)16(20)13(4)18-12(3)11-14-7-9-15(17)10-8-14/h7-10,12-13,18H,5-6,11H2,1-4H3. The molecule has 0 aliphatic carbocycles. The average Bonchev–Trinajstić information content (AvgIpc) is 2.42. The largest absolute Gasteiger partial charge is 0.342 e. The van der Waals surface area contributed by atoms with Crippen LogP contribution in [-0.2, 0) is 11.2 Å². The molecule has 4 heteroatoms. The Hall–Kier alpha value is -0.870. The van der Waals surface area contributed by atoms with Crippen LogP contribution in [0.2, 0.25) is 0 Å². The maximum absolute atomic E-state index is 12.2. The molecule has 1 amide bonds. The van der Waals surface area contributed by atoms with Gasteiger partial charge in [-0.25, -0.2) is 0 Å².